The van der Waals surface area contributed by atoms with Gasteiger partial charge in [-0.3, -0.25) is 0 Å². The molecule has 0 unspecified atom stereocenters. The molecule has 0 heterocycles. The summed E-state index contributed by atoms with van der Waals surface area (Å²) < 4.78 is 10.4. The van der Waals surface area contributed by atoms with Crippen molar-refractivity contribution >= 4 is 0 Å². The van der Waals surface area contributed by atoms with Crippen LogP contribution in [0.4, 0.5) is 0 Å². The van der Waals surface area contributed by atoms with E-state index in [4.69, 9.17) is 9.47 Å². The van der Waals surface area contributed by atoms with Gasteiger partial charge in [-0.2, -0.15) is 0 Å². The number of rotatable bonds is 6. The van der Waals surface area contributed by atoms with Crippen LogP contribution in [0.5, 0.6) is 0 Å². The molecule has 0 aliphatic rings. The van der Waals surface area contributed by atoms with Crippen LogP contribution in [0.2, 0.25) is 0 Å². The number of ether oxygens (including phenoxy) is 2. The van der Waals surface area contributed by atoms with Crippen LogP contribution in [-0.4, -0.2) is 32.5 Å². The van der Waals surface area contributed by atoms with Crippen molar-refractivity contribution in [2.75, 3.05) is 26.4 Å². The first kappa shape index (κ1) is 9.88. The molecule has 0 saturated heterocycles. The molecular weight excluding hydrogens is 130 g/mol. The Balaban J connectivity index is 2.77. The second kappa shape index (κ2) is 6.99. The lowest BCUT2D eigenvalue weighted by Crippen LogP contribution is -2.52. The monoisotopic (exact) mass is 148 g/mol. The predicted molar refractivity (Wildman–Crippen MR) is 39.7 cm³/mol. The Morgan fingerprint density at radius 3 is 2.40 bits per heavy atom. The Bertz CT molecular complexity index is 66.6. The van der Waals surface area contributed by atoms with Crippen LogP contribution in [-0.2, 0) is 9.47 Å². The van der Waals surface area contributed by atoms with Gasteiger partial charge in [0.2, 0.25) is 0 Å². The van der Waals surface area contributed by atoms with Crippen molar-refractivity contribution in [2.24, 2.45) is 0 Å². The second-order valence-corrected chi connectivity index (χ2v) is 2.39. The third-order valence-corrected chi connectivity index (χ3v) is 0.968. The first-order valence-electron chi connectivity index (χ1n) is 3.76. The highest BCUT2D eigenvalue weighted by Crippen LogP contribution is 1.86. The smallest absolute Gasteiger partial charge is 0.0977 e. The lowest BCUT2D eigenvalue weighted by molar-refractivity contribution is -0.374. The molecule has 0 radical (unpaired) electrons. The summed E-state index contributed by atoms with van der Waals surface area (Å²) in [6.45, 7) is 6.98. The van der Waals surface area contributed by atoms with E-state index in [1.165, 1.54) is 0 Å². The molecule has 62 valence electrons. The van der Waals surface area contributed by atoms with Gasteiger partial charge < -0.3 is 15.2 Å². The Kier molecular flexibility index (Phi) is 6.91. The van der Waals surface area contributed by atoms with Crippen LogP contribution in [0.15, 0.2) is 0 Å². The maximum Gasteiger partial charge on any atom is 0.0977 e. The minimum absolute atomic E-state index is 0.309. The first-order chi connectivity index (χ1) is 4.77. The summed E-state index contributed by atoms with van der Waals surface area (Å²) in [6, 6.07) is 0. The Morgan fingerprint density at radius 2 is 1.90 bits per heavy atom. The van der Waals surface area contributed by atoms with E-state index in [2.05, 4.69) is 5.73 Å². The van der Waals surface area contributed by atoms with E-state index in [-0.39, 0.29) is 0 Å². The van der Waals surface area contributed by atoms with Crippen molar-refractivity contribution in [3.63, 3.8) is 0 Å². The van der Waals surface area contributed by atoms with E-state index in [0.29, 0.717) is 19.3 Å². The van der Waals surface area contributed by atoms with Crippen LogP contribution in [0, 0.1) is 0 Å². The Hall–Kier alpha value is -0.120. The zero-order valence-corrected chi connectivity index (χ0v) is 6.93. The summed E-state index contributed by atoms with van der Waals surface area (Å²) in [5.41, 5.74) is 3.65. The maximum atomic E-state index is 5.24. The molecule has 3 N–H and O–H groups in total. The molecular formula is C7H18NO2+. The molecule has 0 spiro atoms. The van der Waals surface area contributed by atoms with Gasteiger partial charge in [-0.15, -0.1) is 0 Å². The lowest BCUT2D eigenvalue weighted by atomic mass is 10.5. The lowest BCUT2D eigenvalue weighted by Gasteiger charge is -2.06. The molecule has 0 amide bonds. The fourth-order valence-corrected chi connectivity index (χ4v) is 0.547. The molecule has 0 aliphatic heterocycles. The average molecular weight is 148 g/mol. The van der Waals surface area contributed by atoms with E-state index >= 15 is 0 Å². The van der Waals surface area contributed by atoms with Crippen LogP contribution < -0.4 is 5.73 Å². The van der Waals surface area contributed by atoms with Crippen molar-refractivity contribution in [3.05, 3.63) is 0 Å². The summed E-state index contributed by atoms with van der Waals surface area (Å²) in [6.07, 6.45) is 0.309. The summed E-state index contributed by atoms with van der Waals surface area (Å²) in [5, 5.41) is 0. The van der Waals surface area contributed by atoms with Gasteiger partial charge in [-0.25, -0.2) is 0 Å². The van der Waals surface area contributed by atoms with E-state index in [1.807, 2.05) is 13.8 Å². The molecule has 0 aromatic rings. The summed E-state index contributed by atoms with van der Waals surface area (Å²) >= 11 is 0. The molecule has 0 atom stereocenters. The van der Waals surface area contributed by atoms with Gasteiger partial charge in [0.15, 0.2) is 0 Å². The van der Waals surface area contributed by atoms with Gasteiger partial charge in [0.25, 0.3) is 0 Å². The minimum Gasteiger partial charge on any atom is -0.376 e. The highest BCUT2D eigenvalue weighted by molar-refractivity contribution is 4.36. The molecule has 0 saturated carbocycles. The molecule has 0 aromatic heterocycles. The van der Waals surface area contributed by atoms with Crippen molar-refractivity contribution in [2.45, 2.75) is 20.0 Å². The largest absolute Gasteiger partial charge is 0.376 e. The third kappa shape index (κ3) is 7.88. The minimum atomic E-state index is 0.309. The second-order valence-electron chi connectivity index (χ2n) is 2.39. The summed E-state index contributed by atoms with van der Waals surface area (Å²) in [5.74, 6) is 0. The highest BCUT2D eigenvalue weighted by atomic mass is 16.5. The van der Waals surface area contributed by atoms with Gasteiger partial charge in [0.05, 0.1) is 32.5 Å². The fraction of sp³-hybridized carbons (Fsp3) is 1.00. The standard InChI is InChI=1S/C7H17NO2/c1-7(2)10-6-5-9-4-3-8/h7H,3-6,8H2,1-2H3/p+1. The van der Waals surface area contributed by atoms with E-state index in [0.717, 1.165) is 13.2 Å². The van der Waals surface area contributed by atoms with E-state index in [9.17, 15) is 0 Å². The van der Waals surface area contributed by atoms with Gasteiger partial charge in [0, 0.05) is 0 Å². The maximum absolute atomic E-state index is 5.24. The molecule has 0 aromatic carbocycles. The number of hydrogen-bond donors (Lipinski definition) is 1. The molecule has 0 fully saturated rings. The van der Waals surface area contributed by atoms with Crippen LogP contribution in [0.3, 0.4) is 0 Å². The predicted octanol–water partition coefficient (Wildman–Crippen LogP) is -0.330. The Morgan fingerprint density at radius 1 is 1.20 bits per heavy atom. The molecule has 0 rings (SSSR count). The molecule has 3 heteroatoms. The molecule has 0 aliphatic carbocycles. The van der Waals surface area contributed by atoms with Crippen molar-refractivity contribution < 1.29 is 15.2 Å². The highest BCUT2D eigenvalue weighted by Gasteiger charge is 1.91. The van der Waals surface area contributed by atoms with Gasteiger partial charge in [-0.05, 0) is 13.8 Å². The van der Waals surface area contributed by atoms with Crippen LogP contribution in [0.25, 0.3) is 0 Å². The fourth-order valence-electron chi connectivity index (χ4n) is 0.547. The third-order valence-electron chi connectivity index (χ3n) is 0.968. The first-order valence-corrected chi connectivity index (χ1v) is 3.76. The van der Waals surface area contributed by atoms with E-state index in [1.54, 1.807) is 0 Å². The van der Waals surface area contributed by atoms with Gasteiger partial charge in [0.1, 0.15) is 0 Å². The van der Waals surface area contributed by atoms with Crippen molar-refractivity contribution in [3.8, 4) is 0 Å². The number of quaternary nitrogens is 1. The zero-order valence-electron chi connectivity index (χ0n) is 6.93. The van der Waals surface area contributed by atoms with Crippen molar-refractivity contribution in [1.29, 1.82) is 0 Å². The summed E-state index contributed by atoms with van der Waals surface area (Å²) in [4.78, 5) is 0. The quantitative estimate of drug-likeness (QED) is 0.524. The van der Waals surface area contributed by atoms with Crippen LogP contribution in [0.1, 0.15) is 13.8 Å². The topological polar surface area (TPSA) is 46.1 Å². The number of hydrogen-bond acceptors (Lipinski definition) is 2. The van der Waals surface area contributed by atoms with Crippen molar-refractivity contribution in [1.82, 2.24) is 0 Å². The molecule has 0 bridgehead atoms. The van der Waals surface area contributed by atoms with Crippen LogP contribution >= 0.6 is 0 Å². The SMILES string of the molecule is CC(C)OCCOCC[NH3+]. The van der Waals surface area contributed by atoms with Gasteiger partial charge >= 0.3 is 0 Å². The molecule has 10 heavy (non-hydrogen) atoms. The average Bonchev–Trinajstić information content (AvgIpc) is 1.87. The molecule has 3 nitrogen and oxygen atoms in total. The zero-order chi connectivity index (χ0) is 7.82. The normalized spacial score (nSPS) is 10.8. The Labute approximate surface area is 62.5 Å². The van der Waals surface area contributed by atoms with E-state index < -0.39 is 0 Å². The summed E-state index contributed by atoms with van der Waals surface area (Å²) in [7, 11) is 0. The van der Waals surface area contributed by atoms with Gasteiger partial charge in [-0.1, -0.05) is 0 Å².